The molecule has 1 amide bonds. The minimum Gasteiger partial charge on any atom is -0.354 e. The minimum atomic E-state index is -0.354. The first-order valence-electron chi connectivity index (χ1n) is 7.27. The van der Waals surface area contributed by atoms with Gasteiger partial charge in [-0.3, -0.25) is 18.6 Å². The van der Waals surface area contributed by atoms with E-state index in [0.29, 0.717) is 17.3 Å². The number of nitrogens with one attached hydrogen (secondary N) is 1. The van der Waals surface area contributed by atoms with Crippen LogP contribution < -0.4 is 10.9 Å². The third-order valence-corrected chi connectivity index (χ3v) is 3.97. The third kappa shape index (κ3) is 2.61. The molecule has 6 nitrogen and oxygen atoms in total. The first kappa shape index (κ1) is 16.0. The summed E-state index contributed by atoms with van der Waals surface area (Å²) in [5, 5.41) is 3.02. The Hall–Kier alpha value is -2.86. The van der Waals surface area contributed by atoms with Crippen LogP contribution in [0.2, 0.25) is 5.02 Å². The van der Waals surface area contributed by atoms with Gasteiger partial charge in [0.15, 0.2) is 0 Å². The molecule has 0 fully saturated rings. The number of nitrogens with zero attached hydrogens (tertiary/aromatic N) is 3. The van der Waals surface area contributed by atoms with E-state index >= 15 is 0 Å². The van der Waals surface area contributed by atoms with E-state index in [4.69, 9.17) is 11.6 Å². The number of hydrogen-bond donors (Lipinski definition) is 1. The monoisotopic (exact) mass is 342 g/mol. The van der Waals surface area contributed by atoms with Crippen LogP contribution in [0.1, 0.15) is 10.5 Å². The van der Waals surface area contributed by atoms with Crippen LogP contribution in [0.5, 0.6) is 0 Å². The van der Waals surface area contributed by atoms with Gasteiger partial charge in [0, 0.05) is 36.6 Å². The number of carbonyl (C=O) groups excluding carboxylic acids is 1. The fraction of sp³-hybridized carbons (Fsp3) is 0.118. The van der Waals surface area contributed by atoms with Crippen LogP contribution in [0, 0.1) is 0 Å². The quantitative estimate of drug-likeness (QED) is 0.740. The highest BCUT2D eigenvalue weighted by Gasteiger charge is 2.17. The zero-order valence-electron chi connectivity index (χ0n) is 13.0. The van der Waals surface area contributed by atoms with Crippen molar-refractivity contribution in [3.63, 3.8) is 0 Å². The Morgan fingerprint density at radius 2 is 2.12 bits per heavy atom. The Morgan fingerprint density at radius 3 is 2.79 bits per heavy atom. The normalized spacial score (nSPS) is 10.8. The summed E-state index contributed by atoms with van der Waals surface area (Å²) in [4.78, 5) is 28.7. The summed E-state index contributed by atoms with van der Waals surface area (Å²) < 4.78 is 3.08. The number of benzene rings is 1. The van der Waals surface area contributed by atoms with Gasteiger partial charge in [0.2, 0.25) is 5.65 Å². The largest absolute Gasteiger partial charge is 0.354 e. The number of halogens is 1. The van der Waals surface area contributed by atoms with Crippen molar-refractivity contribution in [3.8, 4) is 11.3 Å². The molecule has 0 aliphatic heterocycles. The molecule has 0 saturated carbocycles. The highest BCUT2D eigenvalue weighted by Crippen LogP contribution is 2.27. The predicted octanol–water partition coefficient (Wildman–Crippen LogP) is 2.36. The second-order valence-electron chi connectivity index (χ2n) is 5.13. The molecule has 0 aliphatic rings. The van der Waals surface area contributed by atoms with Crippen molar-refractivity contribution in [2.45, 2.75) is 6.54 Å². The highest BCUT2D eigenvalue weighted by atomic mass is 35.5. The standard InChI is InChI=1S/C17H15ClN4O2/c1-3-8-22-14(11-6-4-5-7-12(11)18)10-21-9-13(16(23)19-2)20-15(21)17(22)24/h3-7,9-10H,1,8H2,2H3,(H,19,23). The Bertz CT molecular complexity index is 1000. The molecule has 0 atom stereocenters. The number of amides is 1. The second kappa shape index (κ2) is 6.33. The van der Waals surface area contributed by atoms with Crippen molar-refractivity contribution >= 4 is 23.2 Å². The number of carbonyl (C=O) groups is 1. The summed E-state index contributed by atoms with van der Waals surface area (Å²) in [5.74, 6) is -0.354. The molecule has 3 aromatic rings. The summed E-state index contributed by atoms with van der Waals surface area (Å²) in [7, 11) is 1.51. The van der Waals surface area contributed by atoms with Crippen LogP contribution in [0.3, 0.4) is 0 Å². The molecular weight excluding hydrogens is 328 g/mol. The summed E-state index contributed by atoms with van der Waals surface area (Å²) in [6, 6.07) is 7.26. The molecule has 1 aromatic carbocycles. The molecule has 1 N–H and O–H groups in total. The fourth-order valence-electron chi connectivity index (χ4n) is 2.51. The van der Waals surface area contributed by atoms with E-state index in [1.807, 2.05) is 18.2 Å². The number of rotatable bonds is 4. The summed E-state index contributed by atoms with van der Waals surface area (Å²) in [5.41, 5.74) is 1.37. The molecule has 0 spiro atoms. The first-order valence-corrected chi connectivity index (χ1v) is 7.65. The van der Waals surface area contributed by atoms with Crippen molar-refractivity contribution < 1.29 is 4.79 Å². The molecule has 3 rings (SSSR count). The number of aromatic nitrogens is 3. The molecule has 2 heterocycles. The van der Waals surface area contributed by atoms with E-state index < -0.39 is 0 Å². The van der Waals surface area contributed by atoms with E-state index in [-0.39, 0.29) is 22.8 Å². The first-order chi connectivity index (χ1) is 11.6. The summed E-state index contributed by atoms with van der Waals surface area (Å²) >= 11 is 6.28. The van der Waals surface area contributed by atoms with Gasteiger partial charge in [-0.25, -0.2) is 4.98 Å². The molecule has 0 aliphatic carbocycles. The molecule has 0 saturated heterocycles. The lowest BCUT2D eigenvalue weighted by molar-refractivity contribution is 0.0959. The zero-order valence-corrected chi connectivity index (χ0v) is 13.7. The van der Waals surface area contributed by atoms with Gasteiger partial charge < -0.3 is 5.32 Å². The highest BCUT2D eigenvalue weighted by molar-refractivity contribution is 6.33. The van der Waals surface area contributed by atoms with Gasteiger partial charge in [-0.15, -0.1) is 6.58 Å². The number of allylic oxidation sites excluding steroid dienone is 1. The van der Waals surface area contributed by atoms with Crippen LogP contribution >= 0.6 is 11.6 Å². The minimum absolute atomic E-state index is 0.172. The maximum atomic E-state index is 12.8. The SMILES string of the molecule is C=CCn1c(-c2ccccc2Cl)cn2cc(C(=O)NC)nc2c1=O. The lowest BCUT2D eigenvalue weighted by Gasteiger charge is -2.13. The number of fused-ring (bicyclic) bond motifs is 1. The molecule has 0 radical (unpaired) electrons. The topological polar surface area (TPSA) is 68.4 Å². The lowest BCUT2D eigenvalue weighted by atomic mass is 10.1. The Balaban J connectivity index is 2.34. The van der Waals surface area contributed by atoms with Crippen LogP contribution in [-0.2, 0) is 6.54 Å². The molecular formula is C17H15ClN4O2. The molecule has 24 heavy (non-hydrogen) atoms. The number of imidazole rings is 1. The van der Waals surface area contributed by atoms with Crippen molar-refractivity contribution in [2.24, 2.45) is 0 Å². The molecule has 0 unspecified atom stereocenters. The fourth-order valence-corrected chi connectivity index (χ4v) is 2.75. The van der Waals surface area contributed by atoms with Crippen molar-refractivity contribution in [1.82, 2.24) is 19.3 Å². The smallest absolute Gasteiger partial charge is 0.295 e. The Kier molecular flexibility index (Phi) is 4.22. The van der Waals surface area contributed by atoms with Crippen molar-refractivity contribution in [1.29, 1.82) is 0 Å². The van der Waals surface area contributed by atoms with Gasteiger partial charge in [-0.1, -0.05) is 35.9 Å². The van der Waals surface area contributed by atoms with E-state index in [2.05, 4.69) is 16.9 Å². The van der Waals surface area contributed by atoms with E-state index in [1.165, 1.54) is 17.8 Å². The predicted molar refractivity (Wildman–Crippen MR) is 93.5 cm³/mol. The van der Waals surface area contributed by atoms with Gasteiger partial charge in [-0.05, 0) is 6.07 Å². The summed E-state index contributed by atoms with van der Waals surface area (Å²) in [6.45, 7) is 4.00. The van der Waals surface area contributed by atoms with E-state index in [9.17, 15) is 9.59 Å². The van der Waals surface area contributed by atoms with Gasteiger partial charge in [-0.2, -0.15) is 0 Å². The van der Waals surface area contributed by atoms with Crippen LogP contribution in [0.25, 0.3) is 16.9 Å². The number of hydrogen-bond acceptors (Lipinski definition) is 3. The maximum Gasteiger partial charge on any atom is 0.295 e. The van der Waals surface area contributed by atoms with Crippen LogP contribution in [0.4, 0.5) is 0 Å². The maximum absolute atomic E-state index is 12.8. The average Bonchev–Trinajstić information content (AvgIpc) is 3.02. The Morgan fingerprint density at radius 1 is 1.38 bits per heavy atom. The van der Waals surface area contributed by atoms with E-state index in [0.717, 1.165) is 5.56 Å². The summed E-state index contributed by atoms with van der Waals surface area (Å²) in [6.07, 6.45) is 4.88. The molecule has 0 bridgehead atoms. The van der Waals surface area contributed by atoms with Crippen molar-refractivity contribution in [3.05, 3.63) is 70.4 Å². The third-order valence-electron chi connectivity index (χ3n) is 3.64. The van der Waals surface area contributed by atoms with Gasteiger partial charge in [0.25, 0.3) is 11.5 Å². The average molecular weight is 343 g/mol. The van der Waals surface area contributed by atoms with Crippen LogP contribution in [0.15, 0.2) is 54.1 Å². The zero-order chi connectivity index (χ0) is 17.3. The second-order valence-corrected chi connectivity index (χ2v) is 5.54. The molecule has 7 heteroatoms. The van der Waals surface area contributed by atoms with E-state index in [1.54, 1.807) is 22.7 Å². The lowest BCUT2D eigenvalue weighted by Crippen LogP contribution is -2.24. The Labute approximate surface area is 143 Å². The van der Waals surface area contributed by atoms with Crippen LogP contribution in [-0.4, -0.2) is 26.9 Å². The molecule has 122 valence electrons. The van der Waals surface area contributed by atoms with Gasteiger partial charge in [0.1, 0.15) is 5.69 Å². The van der Waals surface area contributed by atoms with Crippen molar-refractivity contribution in [2.75, 3.05) is 7.05 Å². The molecule has 2 aromatic heterocycles. The van der Waals surface area contributed by atoms with Gasteiger partial charge in [0.05, 0.1) is 5.69 Å². The van der Waals surface area contributed by atoms with Gasteiger partial charge >= 0.3 is 0 Å².